The molecule has 1 aromatic carbocycles. The van der Waals surface area contributed by atoms with E-state index in [1.54, 1.807) is 10.9 Å². The first-order chi connectivity index (χ1) is 12.8. The number of carbonyl (C=O) groups is 1. The molecule has 0 aliphatic carbocycles. The second-order valence-corrected chi connectivity index (χ2v) is 6.35. The number of H-pyrrole nitrogens is 1. The number of aromatic nitrogens is 6. The van der Waals surface area contributed by atoms with Gasteiger partial charge in [0.15, 0.2) is 0 Å². The van der Waals surface area contributed by atoms with Gasteiger partial charge in [0.25, 0.3) is 0 Å². The van der Waals surface area contributed by atoms with Crippen LogP contribution >= 0.6 is 0 Å². The lowest BCUT2D eigenvalue weighted by Crippen LogP contribution is -2.54. The number of aromatic amines is 1. The molecule has 3 N–H and O–H groups in total. The zero-order valence-corrected chi connectivity index (χ0v) is 14.2. The Labute approximate surface area is 150 Å². The zero-order chi connectivity index (χ0) is 17.8. The maximum atomic E-state index is 13.0. The number of piperidine rings is 1. The molecule has 2 aromatic heterocycles. The third kappa shape index (κ3) is 3.08. The van der Waals surface area contributed by atoms with Crippen LogP contribution < -0.4 is 10.6 Å². The van der Waals surface area contributed by atoms with Crippen molar-refractivity contribution in [2.24, 2.45) is 0 Å². The Bertz CT molecular complexity index is 836. The highest BCUT2D eigenvalue weighted by molar-refractivity contribution is 5.84. The smallest absolute Gasteiger partial charge is 0.248 e. The van der Waals surface area contributed by atoms with Gasteiger partial charge in [0.2, 0.25) is 11.7 Å². The fourth-order valence-electron chi connectivity index (χ4n) is 3.33. The summed E-state index contributed by atoms with van der Waals surface area (Å²) in [5, 5.41) is 24.6. The Kier molecular flexibility index (Phi) is 4.44. The van der Waals surface area contributed by atoms with E-state index >= 15 is 0 Å². The van der Waals surface area contributed by atoms with Crippen LogP contribution in [0.15, 0.2) is 42.7 Å². The quantitative estimate of drug-likeness (QED) is 0.615. The maximum Gasteiger partial charge on any atom is 0.248 e. The molecule has 134 valence electrons. The van der Waals surface area contributed by atoms with Crippen LogP contribution in [0.25, 0.3) is 11.4 Å². The summed E-state index contributed by atoms with van der Waals surface area (Å²) in [6, 6.07) is 9.60. The summed E-state index contributed by atoms with van der Waals surface area (Å²) < 4.78 is 1.79. The van der Waals surface area contributed by atoms with E-state index in [0.717, 1.165) is 37.1 Å². The molecular formula is C17H20N8O. The highest BCUT2D eigenvalue weighted by Crippen LogP contribution is 2.27. The van der Waals surface area contributed by atoms with E-state index in [1.165, 1.54) is 0 Å². The summed E-state index contributed by atoms with van der Waals surface area (Å²) in [6.45, 7) is 2.06. The molecule has 1 aliphatic heterocycles. The predicted octanol–water partition coefficient (Wildman–Crippen LogP) is 0.458. The Hall–Kier alpha value is -3.07. The summed E-state index contributed by atoms with van der Waals surface area (Å²) in [5.74, 6) is 0.554. The lowest BCUT2D eigenvalue weighted by atomic mass is 9.87. The van der Waals surface area contributed by atoms with E-state index in [4.69, 9.17) is 0 Å². The lowest BCUT2D eigenvalue weighted by Gasteiger charge is -2.36. The molecule has 0 unspecified atom stereocenters. The van der Waals surface area contributed by atoms with Gasteiger partial charge in [-0.2, -0.15) is 10.3 Å². The molecule has 4 rings (SSSR count). The van der Waals surface area contributed by atoms with E-state index in [-0.39, 0.29) is 5.91 Å². The summed E-state index contributed by atoms with van der Waals surface area (Å²) in [7, 11) is 0. The Balaban J connectivity index is 1.45. The molecule has 0 spiro atoms. The standard InChI is InChI=1S/C17H20N8O/c26-16(17(6-9-18-10-7-17)25-11-1-8-20-25)19-12-13-2-4-14(5-3-13)15-21-23-24-22-15/h1-5,8,11,18H,6-7,9-10,12H2,(H,19,26)(H,21,22,23,24). The van der Waals surface area contributed by atoms with Crippen molar-refractivity contribution in [2.75, 3.05) is 13.1 Å². The molecule has 0 radical (unpaired) electrons. The summed E-state index contributed by atoms with van der Waals surface area (Å²) in [6.07, 6.45) is 5.02. The molecule has 1 amide bonds. The van der Waals surface area contributed by atoms with E-state index in [2.05, 4.69) is 36.4 Å². The largest absolute Gasteiger partial charge is 0.350 e. The summed E-state index contributed by atoms with van der Waals surface area (Å²) in [4.78, 5) is 13.0. The van der Waals surface area contributed by atoms with Gasteiger partial charge in [-0.1, -0.05) is 24.3 Å². The van der Waals surface area contributed by atoms with Crippen molar-refractivity contribution in [3.05, 3.63) is 48.3 Å². The number of benzene rings is 1. The number of nitrogens with zero attached hydrogens (tertiary/aromatic N) is 5. The van der Waals surface area contributed by atoms with Gasteiger partial charge in [0.05, 0.1) is 0 Å². The zero-order valence-electron chi connectivity index (χ0n) is 14.2. The molecule has 3 aromatic rings. The lowest BCUT2D eigenvalue weighted by molar-refractivity contribution is -0.132. The minimum atomic E-state index is -0.626. The molecule has 9 nitrogen and oxygen atoms in total. The predicted molar refractivity (Wildman–Crippen MR) is 93.8 cm³/mol. The van der Waals surface area contributed by atoms with Crippen molar-refractivity contribution in [1.82, 2.24) is 41.0 Å². The molecule has 0 bridgehead atoms. The summed E-state index contributed by atoms with van der Waals surface area (Å²) >= 11 is 0. The van der Waals surface area contributed by atoms with E-state index in [0.29, 0.717) is 12.4 Å². The fraction of sp³-hybridized carbons (Fsp3) is 0.353. The topological polar surface area (TPSA) is 113 Å². The molecule has 9 heteroatoms. The first-order valence-electron chi connectivity index (χ1n) is 8.60. The normalized spacial score (nSPS) is 16.3. The second-order valence-electron chi connectivity index (χ2n) is 6.35. The van der Waals surface area contributed by atoms with Crippen LogP contribution in [0.2, 0.25) is 0 Å². The summed E-state index contributed by atoms with van der Waals surface area (Å²) in [5.41, 5.74) is 1.26. The van der Waals surface area contributed by atoms with Gasteiger partial charge in [-0.3, -0.25) is 9.48 Å². The molecule has 26 heavy (non-hydrogen) atoms. The van der Waals surface area contributed by atoms with Crippen molar-refractivity contribution < 1.29 is 4.79 Å². The van der Waals surface area contributed by atoms with Gasteiger partial charge in [0.1, 0.15) is 5.54 Å². The highest BCUT2D eigenvalue weighted by Gasteiger charge is 2.41. The van der Waals surface area contributed by atoms with E-state index in [1.807, 2.05) is 36.5 Å². The average molecular weight is 352 g/mol. The maximum absolute atomic E-state index is 13.0. The Morgan fingerprint density at radius 1 is 1.23 bits per heavy atom. The number of rotatable bonds is 5. The molecular weight excluding hydrogens is 332 g/mol. The van der Waals surface area contributed by atoms with Crippen LogP contribution in [0.4, 0.5) is 0 Å². The van der Waals surface area contributed by atoms with E-state index in [9.17, 15) is 4.79 Å². The van der Waals surface area contributed by atoms with Gasteiger partial charge in [0, 0.05) is 24.5 Å². The van der Waals surface area contributed by atoms with Crippen LogP contribution in [0.1, 0.15) is 18.4 Å². The SMILES string of the molecule is O=C(NCc1ccc(-c2nn[nH]n2)cc1)C1(n2cccn2)CCNCC1. The molecule has 1 fully saturated rings. The molecule has 1 saturated heterocycles. The van der Waals surface area contributed by atoms with Crippen molar-refractivity contribution in [3.63, 3.8) is 0 Å². The third-order valence-corrected chi connectivity index (χ3v) is 4.81. The van der Waals surface area contributed by atoms with Gasteiger partial charge < -0.3 is 10.6 Å². The van der Waals surface area contributed by atoms with Gasteiger partial charge in [-0.15, -0.1) is 10.2 Å². The van der Waals surface area contributed by atoms with Crippen LogP contribution in [-0.4, -0.2) is 49.4 Å². The van der Waals surface area contributed by atoms with Crippen LogP contribution in [-0.2, 0) is 16.9 Å². The number of hydrogen-bond acceptors (Lipinski definition) is 6. The number of tetrazole rings is 1. The second kappa shape index (κ2) is 7.04. The minimum absolute atomic E-state index is 0.00458. The van der Waals surface area contributed by atoms with Gasteiger partial charge in [-0.25, -0.2) is 0 Å². The van der Waals surface area contributed by atoms with Gasteiger partial charge in [-0.05, 0) is 42.8 Å². The fourth-order valence-corrected chi connectivity index (χ4v) is 3.33. The number of carbonyl (C=O) groups excluding carboxylic acids is 1. The number of hydrogen-bond donors (Lipinski definition) is 3. The molecule has 3 heterocycles. The first kappa shape index (κ1) is 16.4. The Morgan fingerprint density at radius 2 is 2.04 bits per heavy atom. The number of nitrogens with one attached hydrogen (secondary N) is 3. The monoisotopic (exact) mass is 352 g/mol. The third-order valence-electron chi connectivity index (χ3n) is 4.81. The average Bonchev–Trinajstić information content (AvgIpc) is 3.41. The molecule has 1 aliphatic rings. The number of amides is 1. The van der Waals surface area contributed by atoms with Gasteiger partial charge >= 0.3 is 0 Å². The van der Waals surface area contributed by atoms with Crippen molar-refractivity contribution in [3.8, 4) is 11.4 Å². The first-order valence-corrected chi connectivity index (χ1v) is 8.60. The van der Waals surface area contributed by atoms with Crippen LogP contribution in [0.5, 0.6) is 0 Å². The minimum Gasteiger partial charge on any atom is -0.350 e. The molecule has 0 atom stereocenters. The molecule has 0 saturated carbocycles. The van der Waals surface area contributed by atoms with Crippen molar-refractivity contribution in [1.29, 1.82) is 0 Å². The van der Waals surface area contributed by atoms with Crippen LogP contribution in [0.3, 0.4) is 0 Å². The van der Waals surface area contributed by atoms with Crippen molar-refractivity contribution >= 4 is 5.91 Å². The van der Waals surface area contributed by atoms with E-state index < -0.39 is 5.54 Å². The highest BCUT2D eigenvalue weighted by atomic mass is 16.2. The van der Waals surface area contributed by atoms with Crippen LogP contribution in [0, 0.1) is 0 Å². The van der Waals surface area contributed by atoms with Crippen molar-refractivity contribution in [2.45, 2.75) is 24.9 Å². The Morgan fingerprint density at radius 3 is 2.69 bits per heavy atom.